The van der Waals surface area contributed by atoms with Gasteiger partial charge in [-0.3, -0.25) is 9.59 Å². The smallest absolute Gasteiger partial charge is 0.217 e. The van der Waals surface area contributed by atoms with Crippen LogP contribution in [-0.2, 0) is 52.2 Å². The summed E-state index contributed by atoms with van der Waals surface area (Å²) in [6.07, 6.45) is -42.4. The van der Waals surface area contributed by atoms with Crippen molar-refractivity contribution in [1.82, 2.24) is 10.6 Å². The molecule has 28 heteroatoms. The highest BCUT2D eigenvalue weighted by Crippen LogP contribution is 2.35. The predicted molar refractivity (Wildman–Crippen MR) is 190 cm³/mol. The molecule has 5 heterocycles. The van der Waals surface area contributed by atoms with Crippen LogP contribution in [0.4, 0.5) is 0 Å². The van der Waals surface area contributed by atoms with Crippen LogP contribution in [0.15, 0.2) is 0 Å². The average molecular weight is 911 g/mol. The Morgan fingerprint density at radius 2 is 0.742 bits per heavy atom. The normalized spacial score (nSPS) is 49.0. The Kier molecular flexibility index (Phi) is 18.1. The maximum absolute atomic E-state index is 12.5. The van der Waals surface area contributed by atoms with Gasteiger partial charge in [-0.15, -0.1) is 0 Å². The van der Waals surface area contributed by atoms with Crippen molar-refractivity contribution in [3.63, 3.8) is 0 Å². The molecule has 0 spiro atoms. The van der Waals surface area contributed by atoms with Crippen LogP contribution in [0.2, 0.25) is 0 Å². The number of rotatable bonds is 15. The zero-order valence-corrected chi connectivity index (χ0v) is 33.2. The van der Waals surface area contributed by atoms with Gasteiger partial charge in [-0.05, 0) is 0 Å². The van der Waals surface area contributed by atoms with Crippen LogP contribution in [0.5, 0.6) is 0 Å². The van der Waals surface area contributed by atoms with Crippen molar-refractivity contribution >= 4 is 11.8 Å². The molecule has 5 rings (SSSR count). The van der Waals surface area contributed by atoms with E-state index >= 15 is 0 Å². The van der Waals surface area contributed by atoms with E-state index in [9.17, 15) is 86.2 Å². The summed E-state index contributed by atoms with van der Waals surface area (Å²) >= 11 is 0. The SMILES string of the molecule is CC(=O)N[C@@H]1[C@@H](O[C@@H]2O[C@H](CO)[C@H](O)[C@H](O[C@@H]3O[C@H](CO)[C@@H](O[C@@H]4O[C@H](CO)[C@H](O)[C@H](O[C@H]5O[C@H](CO)[C@H](O)[C@H](O)[C@H]5O)[C@H]4O)[C@H](O)[C@H]3NC(C)=O)[C@H]2O)[C@@H](O)[C@@H](CO)O[C@@H]1O. The first-order valence-electron chi connectivity index (χ1n) is 19.6. The molecule has 28 nitrogen and oxygen atoms in total. The fourth-order valence-corrected chi connectivity index (χ4v) is 7.83. The van der Waals surface area contributed by atoms with Crippen molar-refractivity contribution in [1.29, 1.82) is 0 Å². The van der Waals surface area contributed by atoms with Crippen molar-refractivity contribution in [2.75, 3.05) is 33.0 Å². The standard InChI is InChI=1S/C34H58N2O26/c1-8(42)35-15-21(48)26(59-33-25(52)29(20(47)13(6-40)56-33)62-32-23(50)22(49)17(44)10(3-37)55-32)14(7-41)58-31(15)61-28-19(46)12(5-39)57-34(24(28)51)60-27-16(36-9(2)43)30(53)54-11(4-38)18(27)45/h10-34,37-41,44-53H,3-7H2,1-2H3,(H,35,42)(H,36,43)/t10-,11-,12-,13-,14-,15-,16-,17+,18+,19+,20+,21-,22+,23-,24-,25-,26-,27-,28+,29+,30+,31+,32-,33+,34+/m1/s1. The Morgan fingerprint density at radius 3 is 1.21 bits per heavy atom. The first-order valence-corrected chi connectivity index (χ1v) is 19.6. The molecule has 0 radical (unpaired) electrons. The third-order valence-corrected chi connectivity index (χ3v) is 11.1. The van der Waals surface area contributed by atoms with Crippen molar-refractivity contribution < 1.29 is 129 Å². The van der Waals surface area contributed by atoms with Gasteiger partial charge in [-0.2, -0.15) is 0 Å². The van der Waals surface area contributed by atoms with E-state index < -0.39 is 198 Å². The fraction of sp³-hybridized carbons (Fsp3) is 0.941. The lowest BCUT2D eigenvalue weighted by atomic mass is 9.94. The summed E-state index contributed by atoms with van der Waals surface area (Å²) in [5.41, 5.74) is 0. The van der Waals surface area contributed by atoms with Crippen LogP contribution in [0.1, 0.15) is 13.8 Å². The molecule has 0 aliphatic carbocycles. The lowest BCUT2D eigenvalue weighted by molar-refractivity contribution is -0.384. The molecule has 17 N–H and O–H groups in total. The first-order chi connectivity index (χ1) is 29.3. The van der Waals surface area contributed by atoms with Crippen LogP contribution in [0.3, 0.4) is 0 Å². The molecule has 0 saturated carbocycles. The molecular weight excluding hydrogens is 852 g/mol. The predicted octanol–water partition coefficient (Wildman–Crippen LogP) is -11.6. The van der Waals surface area contributed by atoms with Crippen LogP contribution in [0.25, 0.3) is 0 Å². The molecule has 0 aromatic carbocycles. The highest BCUT2D eigenvalue weighted by Gasteiger charge is 2.57. The van der Waals surface area contributed by atoms with Gasteiger partial charge < -0.3 is 130 Å². The van der Waals surface area contributed by atoms with Crippen LogP contribution >= 0.6 is 0 Å². The molecule has 5 saturated heterocycles. The lowest BCUT2D eigenvalue weighted by Gasteiger charge is -2.50. The van der Waals surface area contributed by atoms with E-state index in [1.54, 1.807) is 0 Å². The molecule has 62 heavy (non-hydrogen) atoms. The maximum atomic E-state index is 12.5. The number of carbonyl (C=O) groups is 2. The third kappa shape index (κ3) is 10.8. The Balaban J connectivity index is 1.37. The van der Waals surface area contributed by atoms with Gasteiger partial charge in [0, 0.05) is 13.8 Å². The van der Waals surface area contributed by atoms with Gasteiger partial charge >= 0.3 is 0 Å². The molecule has 0 bridgehead atoms. The van der Waals surface area contributed by atoms with Crippen LogP contribution in [0, 0.1) is 0 Å². The van der Waals surface area contributed by atoms with Crippen molar-refractivity contribution in [3.8, 4) is 0 Å². The minimum absolute atomic E-state index is 0.717. The number of aliphatic hydroxyl groups is 15. The van der Waals surface area contributed by atoms with Gasteiger partial charge in [0.1, 0.15) is 122 Å². The molecule has 5 aliphatic rings. The van der Waals surface area contributed by atoms with Gasteiger partial charge in [0.2, 0.25) is 11.8 Å². The number of amides is 2. The largest absolute Gasteiger partial charge is 0.394 e. The highest BCUT2D eigenvalue weighted by molar-refractivity contribution is 5.73. The van der Waals surface area contributed by atoms with E-state index in [1.165, 1.54) is 0 Å². The molecular formula is C34H58N2O26. The summed E-state index contributed by atoms with van der Waals surface area (Å²) < 4.78 is 50.5. The second kappa shape index (κ2) is 22.0. The highest BCUT2D eigenvalue weighted by atomic mass is 16.8. The third-order valence-electron chi connectivity index (χ3n) is 11.1. The van der Waals surface area contributed by atoms with Gasteiger partial charge in [0.25, 0.3) is 0 Å². The van der Waals surface area contributed by atoms with E-state index in [1.807, 2.05) is 0 Å². The van der Waals surface area contributed by atoms with Gasteiger partial charge in [-0.1, -0.05) is 0 Å². The van der Waals surface area contributed by atoms with Gasteiger partial charge in [-0.25, -0.2) is 0 Å². The minimum atomic E-state index is -2.11. The second-order valence-corrected chi connectivity index (χ2v) is 15.4. The molecule has 2 amide bonds. The van der Waals surface area contributed by atoms with E-state index in [0.29, 0.717) is 0 Å². The molecule has 0 aromatic heterocycles. The summed E-state index contributed by atoms with van der Waals surface area (Å²) in [7, 11) is 0. The zero-order chi connectivity index (χ0) is 45.9. The molecule has 25 atom stereocenters. The van der Waals surface area contributed by atoms with Crippen molar-refractivity contribution in [2.24, 2.45) is 0 Å². The Hall–Kier alpha value is -2.02. The average Bonchev–Trinajstić information content (AvgIpc) is 3.23. The number of aliphatic hydroxyl groups excluding tert-OH is 15. The van der Waals surface area contributed by atoms with Gasteiger partial charge in [0.05, 0.1) is 33.0 Å². The first kappa shape index (κ1) is 51.0. The Labute approximate surface area is 351 Å². The lowest BCUT2D eigenvalue weighted by Crippen LogP contribution is -2.70. The van der Waals surface area contributed by atoms with Crippen LogP contribution < -0.4 is 10.6 Å². The second-order valence-electron chi connectivity index (χ2n) is 15.4. The molecule has 5 aliphatic heterocycles. The van der Waals surface area contributed by atoms with Gasteiger partial charge in [0.15, 0.2) is 31.5 Å². The summed E-state index contributed by atoms with van der Waals surface area (Å²) in [6, 6.07) is -3.27. The Bertz CT molecular complexity index is 1440. The minimum Gasteiger partial charge on any atom is -0.394 e. The van der Waals surface area contributed by atoms with Crippen molar-refractivity contribution in [2.45, 2.75) is 167 Å². The summed E-state index contributed by atoms with van der Waals surface area (Å²) in [5, 5.41) is 163. The Morgan fingerprint density at radius 1 is 0.387 bits per heavy atom. The van der Waals surface area contributed by atoms with E-state index in [2.05, 4.69) is 10.6 Å². The fourth-order valence-electron chi connectivity index (χ4n) is 7.83. The molecule has 0 unspecified atom stereocenters. The number of carbonyl (C=O) groups excluding carboxylic acids is 2. The maximum Gasteiger partial charge on any atom is 0.217 e. The van der Waals surface area contributed by atoms with E-state index in [-0.39, 0.29) is 0 Å². The van der Waals surface area contributed by atoms with E-state index in [4.69, 9.17) is 42.6 Å². The van der Waals surface area contributed by atoms with Crippen molar-refractivity contribution in [3.05, 3.63) is 0 Å². The number of nitrogens with one attached hydrogen (secondary N) is 2. The van der Waals surface area contributed by atoms with Crippen LogP contribution in [-0.4, -0.2) is 275 Å². The molecule has 0 aromatic rings. The summed E-state index contributed by atoms with van der Waals surface area (Å²) in [5.74, 6) is -1.54. The quantitative estimate of drug-likeness (QED) is 0.0725. The van der Waals surface area contributed by atoms with E-state index in [0.717, 1.165) is 13.8 Å². The number of ether oxygens (including phenoxy) is 9. The monoisotopic (exact) mass is 910 g/mol. The molecule has 5 fully saturated rings. The topological polar surface area (TPSA) is 445 Å². The zero-order valence-electron chi connectivity index (χ0n) is 33.2. The summed E-state index contributed by atoms with van der Waals surface area (Å²) in [4.78, 5) is 24.4. The number of hydrogen-bond acceptors (Lipinski definition) is 26. The summed E-state index contributed by atoms with van der Waals surface area (Å²) in [6.45, 7) is -2.51. The number of hydrogen-bond donors (Lipinski definition) is 17. The molecule has 360 valence electrons.